The van der Waals surface area contributed by atoms with E-state index in [0.717, 1.165) is 26.9 Å². The predicted octanol–water partition coefficient (Wildman–Crippen LogP) is 4.67. The molecule has 0 N–H and O–H groups in total. The zero-order valence-corrected chi connectivity index (χ0v) is 16.2. The van der Waals surface area contributed by atoms with E-state index in [4.69, 9.17) is 0 Å². The van der Waals surface area contributed by atoms with Crippen molar-refractivity contribution in [2.45, 2.75) is 37.9 Å². The first-order valence-electron chi connectivity index (χ1n) is 8.70. The van der Waals surface area contributed by atoms with Gasteiger partial charge in [-0.15, -0.1) is 10.2 Å². The Morgan fingerprint density at radius 3 is 2.88 bits per heavy atom. The zero-order valence-electron chi connectivity index (χ0n) is 14.6. The van der Waals surface area contributed by atoms with Crippen LogP contribution in [0.4, 0.5) is 0 Å². The predicted molar refractivity (Wildman–Crippen MR) is 106 cm³/mol. The molecule has 1 aromatic carbocycles. The van der Waals surface area contributed by atoms with Crippen molar-refractivity contribution in [3.63, 3.8) is 0 Å². The topological polar surface area (TPSA) is 52.2 Å². The highest BCUT2D eigenvalue weighted by molar-refractivity contribution is 7.99. The summed E-state index contributed by atoms with van der Waals surface area (Å²) in [5.74, 6) is 0.534. The second-order valence-electron chi connectivity index (χ2n) is 6.77. The van der Waals surface area contributed by atoms with E-state index in [0.29, 0.717) is 11.8 Å². The molecule has 0 bridgehead atoms. The Bertz CT molecular complexity index is 1150. The molecule has 7 heteroatoms. The molecule has 3 heterocycles. The maximum absolute atomic E-state index is 12.8. The van der Waals surface area contributed by atoms with Crippen LogP contribution in [0.5, 0.6) is 0 Å². The van der Waals surface area contributed by atoms with Crippen molar-refractivity contribution >= 4 is 44.1 Å². The summed E-state index contributed by atoms with van der Waals surface area (Å²) in [7, 11) is 0. The normalized spacial score (nSPS) is 14.5. The van der Waals surface area contributed by atoms with Crippen LogP contribution in [-0.4, -0.2) is 30.7 Å². The largest absolute Gasteiger partial charge is 0.345 e. The minimum Gasteiger partial charge on any atom is -0.345 e. The summed E-state index contributed by atoms with van der Waals surface area (Å²) in [6.07, 6.45) is 2.45. The Labute approximate surface area is 159 Å². The molecule has 1 aliphatic rings. The van der Waals surface area contributed by atoms with Crippen molar-refractivity contribution < 1.29 is 4.79 Å². The third-order valence-electron chi connectivity index (χ3n) is 4.94. The van der Waals surface area contributed by atoms with Gasteiger partial charge in [0, 0.05) is 23.0 Å². The van der Waals surface area contributed by atoms with Crippen molar-refractivity contribution in [2.75, 3.05) is 5.75 Å². The van der Waals surface area contributed by atoms with E-state index < -0.39 is 0 Å². The van der Waals surface area contributed by atoms with Crippen molar-refractivity contribution in [3.8, 4) is 0 Å². The molecule has 0 saturated heterocycles. The van der Waals surface area contributed by atoms with Gasteiger partial charge in [0.2, 0.25) is 4.96 Å². The lowest BCUT2D eigenvalue weighted by Crippen LogP contribution is -2.06. The van der Waals surface area contributed by atoms with Gasteiger partial charge in [0.25, 0.3) is 0 Å². The number of thiazole rings is 1. The van der Waals surface area contributed by atoms with Crippen LogP contribution in [0.3, 0.4) is 0 Å². The molecule has 26 heavy (non-hydrogen) atoms. The summed E-state index contributed by atoms with van der Waals surface area (Å²) in [4.78, 5) is 13.7. The molecular weight excluding hydrogens is 364 g/mol. The van der Waals surface area contributed by atoms with Crippen LogP contribution < -0.4 is 0 Å². The van der Waals surface area contributed by atoms with Crippen LogP contribution in [0, 0.1) is 13.8 Å². The minimum absolute atomic E-state index is 0.159. The Balaban J connectivity index is 1.42. The van der Waals surface area contributed by atoms with E-state index in [1.807, 2.05) is 22.6 Å². The van der Waals surface area contributed by atoms with Crippen LogP contribution in [0.2, 0.25) is 0 Å². The molecule has 0 atom stereocenters. The second kappa shape index (κ2) is 5.96. The van der Waals surface area contributed by atoms with Gasteiger partial charge in [-0.2, -0.15) is 0 Å². The van der Waals surface area contributed by atoms with Gasteiger partial charge in [-0.1, -0.05) is 35.2 Å². The number of benzene rings is 1. The first-order valence-corrected chi connectivity index (χ1v) is 10.5. The fraction of sp³-hybridized carbons (Fsp3) is 0.316. The molecule has 0 unspecified atom stereocenters. The number of para-hydroxylation sites is 1. The summed E-state index contributed by atoms with van der Waals surface area (Å²) in [6.45, 7) is 4.15. The molecule has 0 aliphatic heterocycles. The molecule has 0 spiro atoms. The van der Waals surface area contributed by atoms with E-state index in [-0.39, 0.29) is 5.78 Å². The average Bonchev–Trinajstić information content (AvgIpc) is 3.16. The van der Waals surface area contributed by atoms with Crippen LogP contribution in [0.25, 0.3) is 15.2 Å². The number of aromatic nitrogens is 4. The number of ketones is 1. The number of nitrogens with zero attached hydrogens (tertiary/aromatic N) is 4. The number of aryl methyl sites for hydroxylation is 1. The third-order valence-corrected chi connectivity index (χ3v) is 6.88. The van der Waals surface area contributed by atoms with Gasteiger partial charge >= 0.3 is 0 Å². The SMILES string of the molecule is Cc1cc(C(=O)CSc2nnc3sc4ccccc4n23)c(C)n1C1CC1. The quantitative estimate of drug-likeness (QED) is 0.372. The van der Waals surface area contributed by atoms with Crippen molar-refractivity contribution in [2.24, 2.45) is 0 Å². The van der Waals surface area contributed by atoms with E-state index in [2.05, 4.69) is 40.7 Å². The van der Waals surface area contributed by atoms with E-state index in [9.17, 15) is 4.79 Å². The molecule has 1 saturated carbocycles. The van der Waals surface area contributed by atoms with Gasteiger partial charge in [0.15, 0.2) is 10.9 Å². The number of hydrogen-bond acceptors (Lipinski definition) is 5. The molecule has 1 aliphatic carbocycles. The standard InChI is InChI=1S/C19H18N4OS2/c1-11-9-14(12(2)22(11)13-7-8-13)16(24)10-25-18-20-21-19-23(18)15-5-3-4-6-17(15)26-19/h3-6,9,13H,7-8,10H2,1-2H3. The summed E-state index contributed by atoms with van der Waals surface area (Å²) in [5, 5.41) is 9.33. The summed E-state index contributed by atoms with van der Waals surface area (Å²) in [5.41, 5.74) is 4.23. The van der Waals surface area contributed by atoms with E-state index in [1.165, 1.54) is 35.0 Å². The Morgan fingerprint density at radius 2 is 2.08 bits per heavy atom. The average molecular weight is 383 g/mol. The van der Waals surface area contributed by atoms with Gasteiger partial charge in [-0.3, -0.25) is 9.20 Å². The summed E-state index contributed by atoms with van der Waals surface area (Å²) < 4.78 is 5.55. The lowest BCUT2D eigenvalue weighted by molar-refractivity contribution is 0.102. The number of carbonyl (C=O) groups is 1. The van der Waals surface area contributed by atoms with Gasteiger partial charge in [-0.25, -0.2) is 0 Å². The molecule has 5 rings (SSSR count). The van der Waals surface area contributed by atoms with E-state index in [1.54, 1.807) is 11.3 Å². The van der Waals surface area contributed by atoms with Crippen molar-refractivity contribution in [1.29, 1.82) is 0 Å². The Hall–Kier alpha value is -2.12. The molecule has 0 amide bonds. The first kappa shape index (κ1) is 16.1. The molecule has 4 aromatic rings. The maximum atomic E-state index is 12.8. The molecule has 1 fully saturated rings. The number of carbonyl (C=O) groups excluding carboxylic acids is 1. The fourth-order valence-corrected chi connectivity index (χ4v) is 5.46. The lowest BCUT2D eigenvalue weighted by atomic mass is 10.2. The van der Waals surface area contributed by atoms with Gasteiger partial charge in [-0.05, 0) is 44.9 Å². The number of thioether (sulfide) groups is 1. The first-order chi connectivity index (χ1) is 12.6. The highest BCUT2D eigenvalue weighted by Gasteiger charge is 2.28. The number of Topliss-reactive ketones (excluding diaryl/α,β-unsaturated/α-hetero) is 1. The van der Waals surface area contributed by atoms with Crippen LogP contribution in [0.15, 0.2) is 35.5 Å². The van der Waals surface area contributed by atoms with E-state index >= 15 is 0 Å². The second-order valence-corrected chi connectivity index (χ2v) is 8.72. The highest BCUT2D eigenvalue weighted by Crippen LogP contribution is 2.38. The van der Waals surface area contributed by atoms with Crippen molar-refractivity contribution in [3.05, 3.63) is 47.3 Å². The Kier molecular flexibility index (Phi) is 3.68. The monoisotopic (exact) mass is 382 g/mol. The van der Waals surface area contributed by atoms with Crippen LogP contribution in [-0.2, 0) is 0 Å². The smallest absolute Gasteiger partial charge is 0.217 e. The summed E-state index contributed by atoms with van der Waals surface area (Å²) in [6, 6.07) is 10.8. The Morgan fingerprint density at radius 1 is 1.27 bits per heavy atom. The maximum Gasteiger partial charge on any atom is 0.217 e. The van der Waals surface area contributed by atoms with Gasteiger partial charge in [0.05, 0.1) is 16.0 Å². The van der Waals surface area contributed by atoms with Crippen LogP contribution >= 0.6 is 23.1 Å². The van der Waals surface area contributed by atoms with Crippen molar-refractivity contribution in [1.82, 2.24) is 19.2 Å². The number of rotatable bonds is 5. The lowest BCUT2D eigenvalue weighted by Gasteiger charge is -2.07. The molecule has 3 aromatic heterocycles. The molecular formula is C19H18N4OS2. The summed E-state index contributed by atoms with van der Waals surface area (Å²) >= 11 is 3.08. The minimum atomic E-state index is 0.159. The number of fused-ring (bicyclic) bond motifs is 3. The molecule has 5 nitrogen and oxygen atoms in total. The molecule has 0 radical (unpaired) electrons. The van der Waals surface area contributed by atoms with Gasteiger partial charge < -0.3 is 4.57 Å². The fourth-order valence-electron chi connectivity index (χ4n) is 3.61. The zero-order chi connectivity index (χ0) is 17.8. The van der Waals surface area contributed by atoms with Crippen LogP contribution in [0.1, 0.15) is 40.6 Å². The molecule has 132 valence electrons. The highest BCUT2D eigenvalue weighted by atomic mass is 32.2. The number of hydrogen-bond donors (Lipinski definition) is 0. The van der Waals surface area contributed by atoms with Gasteiger partial charge in [0.1, 0.15) is 0 Å². The third kappa shape index (κ3) is 2.49.